The van der Waals surface area contributed by atoms with E-state index in [4.69, 9.17) is 9.47 Å². The molecule has 33 heavy (non-hydrogen) atoms. The highest BCUT2D eigenvalue weighted by molar-refractivity contribution is 5.99. The Bertz CT molecular complexity index is 1140. The van der Waals surface area contributed by atoms with E-state index in [9.17, 15) is 9.59 Å². The van der Waals surface area contributed by atoms with Crippen LogP contribution in [0.1, 0.15) is 44.9 Å². The van der Waals surface area contributed by atoms with Crippen LogP contribution in [0.4, 0.5) is 0 Å². The van der Waals surface area contributed by atoms with E-state index in [1.165, 1.54) is 0 Å². The first-order valence-electron chi connectivity index (χ1n) is 11.2. The van der Waals surface area contributed by atoms with Gasteiger partial charge in [-0.2, -0.15) is 0 Å². The highest BCUT2D eigenvalue weighted by atomic mass is 16.5. The number of aryl methyl sites for hydroxylation is 1. The Morgan fingerprint density at radius 1 is 0.848 bits per heavy atom. The maximum absolute atomic E-state index is 13.3. The molecule has 1 fully saturated rings. The molecule has 1 amide bonds. The third-order valence-corrected chi connectivity index (χ3v) is 6.52. The second-order valence-corrected chi connectivity index (χ2v) is 8.48. The fourth-order valence-corrected chi connectivity index (χ4v) is 4.61. The zero-order chi connectivity index (χ0) is 23.5. The summed E-state index contributed by atoms with van der Waals surface area (Å²) in [6.45, 7) is 5.15. The van der Waals surface area contributed by atoms with Crippen LogP contribution < -0.4 is 9.47 Å². The Morgan fingerprint density at radius 3 is 1.94 bits per heavy atom. The second kappa shape index (κ2) is 9.53. The van der Waals surface area contributed by atoms with Gasteiger partial charge in [-0.25, -0.2) is 0 Å². The highest BCUT2D eigenvalue weighted by Gasteiger charge is 2.30. The maximum Gasteiger partial charge on any atom is 0.255 e. The highest BCUT2D eigenvalue weighted by Crippen LogP contribution is 2.27. The number of piperidine rings is 1. The zero-order valence-corrected chi connectivity index (χ0v) is 19.6. The number of ether oxygens (including phenoxy) is 2. The van der Waals surface area contributed by atoms with Gasteiger partial charge in [-0.1, -0.05) is 0 Å². The number of likely N-dealkylation sites (tertiary alicyclic amines) is 1. The molecule has 0 unspecified atom stereocenters. The SMILES string of the molecule is COc1ccc(C(=O)C2CCN(C(=O)c3cc(C)n(-c4ccc(OC)cc4)c3C)CC2)cc1. The minimum atomic E-state index is -0.0609. The van der Waals surface area contributed by atoms with Crippen LogP contribution in [0.3, 0.4) is 0 Å². The predicted octanol–water partition coefficient (Wildman–Crippen LogP) is 4.85. The molecular formula is C27H30N2O4. The summed E-state index contributed by atoms with van der Waals surface area (Å²) in [7, 11) is 3.25. The van der Waals surface area contributed by atoms with Crippen LogP contribution in [0.15, 0.2) is 54.6 Å². The van der Waals surface area contributed by atoms with Gasteiger partial charge in [0.25, 0.3) is 5.91 Å². The Balaban J connectivity index is 1.44. The molecule has 0 aliphatic carbocycles. The second-order valence-electron chi connectivity index (χ2n) is 8.48. The number of nitrogens with zero attached hydrogens (tertiary/aromatic N) is 2. The molecule has 0 atom stereocenters. The molecule has 0 saturated carbocycles. The summed E-state index contributed by atoms with van der Waals surface area (Å²) in [5.74, 6) is 1.64. The zero-order valence-electron chi connectivity index (χ0n) is 19.6. The Kier molecular flexibility index (Phi) is 6.54. The summed E-state index contributed by atoms with van der Waals surface area (Å²) in [5.41, 5.74) is 4.32. The fourth-order valence-electron chi connectivity index (χ4n) is 4.61. The summed E-state index contributed by atoms with van der Waals surface area (Å²) in [6, 6.07) is 17.0. The van der Waals surface area contributed by atoms with Crippen molar-refractivity contribution in [3.05, 3.63) is 77.1 Å². The number of Topliss-reactive ketones (excluding diaryl/α,β-unsaturated/α-hetero) is 1. The molecule has 6 nitrogen and oxygen atoms in total. The number of ketones is 1. The summed E-state index contributed by atoms with van der Waals surface area (Å²) in [6.07, 6.45) is 1.35. The molecule has 172 valence electrons. The van der Waals surface area contributed by atoms with Crippen molar-refractivity contribution in [3.8, 4) is 17.2 Å². The minimum Gasteiger partial charge on any atom is -0.497 e. The summed E-state index contributed by atoms with van der Waals surface area (Å²) >= 11 is 0. The van der Waals surface area contributed by atoms with Gasteiger partial charge in [-0.05, 0) is 81.3 Å². The molecular weight excluding hydrogens is 416 g/mol. The lowest BCUT2D eigenvalue weighted by molar-refractivity contribution is 0.0649. The molecule has 2 heterocycles. The van der Waals surface area contributed by atoms with E-state index in [0.717, 1.165) is 28.6 Å². The van der Waals surface area contributed by atoms with Crippen LogP contribution in [0, 0.1) is 19.8 Å². The van der Waals surface area contributed by atoms with Crippen molar-refractivity contribution in [3.63, 3.8) is 0 Å². The first kappa shape index (κ1) is 22.6. The van der Waals surface area contributed by atoms with Gasteiger partial charge < -0.3 is 18.9 Å². The van der Waals surface area contributed by atoms with Gasteiger partial charge in [0.2, 0.25) is 0 Å². The topological polar surface area (TPSA) is 60.8 Å². The van der Waals surface area contributed by atoms with Crippen LogP contribution in [0.25, 0.3) is 5.69 Å². The van der Waals surface area contributed by atoms with Gasteiger partial charge in [0.1, 0.15) is 11.5 Å². The molecule has 0 radical (unpaired) electrons. The summed E-state index contributed by atoms with van der Waals surface area (Å²) < 4.78 is 12.5. The van der Waals surface area contributed by atoms with Crippen molar-refractivity contribution in [2.45, 2.75) is 26.7 Å². The number of amides is 1. The van der Waals surface area contributed by atoms with Crippen LogP contribution in [0.5, 0.6) is 11.5 Å². The molecule has 3 aromatic rings. The normalized spacial score (nSPS) is 14.2. The molecule has 0 bridgehead atoms. The molecule has 2 aromatic carbocycles. The monoisotopic (exact) mass is 446 g/mol. The van der Waals surface area contributed by atoms with Gasteiger partial charge in [-0.15, -0.1) is 0 Å². The van der Waals surface area contributed by atoms with Gasteiger partial charge in [0.15, 0.2) is 5.78 Å². The standard InChI is InChI=1S/C27H30N2O4/c1-18-17-25(19(2)29(18)22-7-11-24(33-4)12-8-22)27(31)28-15-13-21(14-16-28)26(30)20-5-9-23(32-3)10-6-20/h5-12,17,21H,13-16H2,1-4H3. The van der Waals surface area contributed by atoms with Crippen LogP contribution in [-0.2, 0) is 0 Å². The average Bonchev–Trinajstić information content (AvgIpc) is 3.17. The number of rotatable bonds is 6. The number of methoxy groups -OCH3 is 2. The number of hydrogen-bond acceptors (Lipinski definition) is 4. The lowest BCUT2D eigenvalue weighted by atomic mass is 9.88. The number of aromatic nitrogens is 1. The summed E-state index contributed by atoms with van der Waals surface area (Å²) in [5, 5.41) is 0. The Labute approximate surface area is 194 Å². The number of benzene rings is 2. The van der Waals surface area contributed by atoms with Crippen molar-refractivity contribution in [2.24, 2.45) is 5.92 Å². The average molecular weight is 447 g/mol. The Hall–Kier alpha value is -3.54. The molecule has 0 spiro atoms. The van der Waals surface area contributed by atoms with Crippen LogP contribution in [-0.4, -0.2) is 48.5 Å². The third-order valence-electron chi connectivity index (χ3n) is 6.52. The molecule has 1 saturated heterocycles. The van der Waals surface area contributed by atoms with Crippen LogP contribution in [0.2, 0.25) is 0 Å². The Morgan fingerprint density at radius 2 is 1.39 bits per heavy atom. The predicted molar refractivity (Wildman–Crippen MR) is 128 cm³/mol. The van der Waals surface area contributed by atoms with E-state index < -0.39 is 0 Å². The van der Waals surface area contributed by atoms with Gasteiger partial charge in [-0.3, -0.25) is 9.59 Å². The smallest absolute Gasteiger partial charge is 0.255 e. The van der Waals surface area contributed by atoms with Crippen molar-refractivity contribution in [2.75, 3.05) is 27.3 Å². The van der Waals surface area contributed by atoms with E-state index in [-0.39, 0.29) is 17.6 Å². The summed E-state index contributed by atoms with van der Waals surface area (Å²) in [4.78, 5) is 28.1. The minimum absolute atomic E-state index is 0.0261. The fraction of sp³-hybridized carbons (Fsp3) is 0.333. The molecule has 1 aromatic heterocycles. The first-order chi connectivity index (χ1) is 15.9. The van der Waals surface area contributed by atoms with Crippen molar-refractivity contribution < 1.29 is 19.1 Å². The molecule has 4 rings (SSSR count). The van der Waals surface area contributed by atoms with Gasteiger partial charge in [0, 0.05) is 41.6 Å². The number of carbonyl (C=O) groups excluding carboxylic acids is 2. The first-order valence-corrected chi connectivity index (χ1v) is 11.2. The van der Waals surface area contributed by atoms with E-state index in [1.54, 1.807) is 14.2 Å². The van der Waals surface area contributed by atoms with Crippen molar-refractivity contribution in [1.29, 1.82) is 0 Å². The van der Waals surface area contributed by atoms with Gasteiger partial charge >= 0.3 is 0 Å². The maximum atomic E-state index is 13.3. The largest absolute Gasteiger partial charge is 0.497 e. The molecule has 1 aliphatic heterocycles. The quantitative estimate of drug-likeness (QED) is 0.508. The third kappa shape index (κ3) is 4.51. The van der Waals surface area contributed by atoms with E-state index in [2.05, 4.69) is 4.57 Å². The lowest BCUT2D eigenvalue weighted by Crippen LogP contribution is -2.40. The van der Waals surface area contributed by atoms with Crippen molar-refractivity contribution >= 4 is 11.7 Å². The van der Waals surface area contributed by atoms with Gasteiger partial charge in [0.05, 0.1) is 19.8 Å². The lowest BCUT2D eigenvalue weighted by Gasteiger charge is -2.31. The van der Waals surface area contributed by atoms with Crippen LogP contribution >= 0.6 is 0 Å². The van der Waals surface area contributed by atoms with Crippen molar-refractivity contribution in [1.82, 2.24) is 9.47 Å². The van der Waals surface area contributed by atoms with E-state index in [0.29, 0.717) is 37.1 Å². The molecule has 6 heteroatoms. The number of hydrogen-bond donors (Lipinski definition) is 0. The molecule has 0 N–H and O–H groups in total. The van der Waals surface area contributed by atoms with E-state index >= 15 is 0 Å². The molecule has 1 aliphatic rings. The number of carbonyl (C=O) groups is 2. The van der Waals surface area contributed by atoms with E-state index in [1.807, 2.05) is 73.3 Å².